The fourth-order valence-electron chi connectivity index (χ4n) is 1.45. The lowest BCUT2D eigenvalue weighted by atomic mass is 10.1. The highest BCUT2D eigenvalue weighted by atomic mass is 16.4. The summed E-state index contributed by atoms with van der Waals surface area (Å²) in [7, 11) is 0. The number of nitrogens with one attached hydrogen (secondary N) is 1. The van der Waals surface area contributed by atoms with Crippen molar-refractivity contribution in [1.29, 1.82) is 0 Å². The van der Waals surface area contributed by atoms with Crippen LogP contribution in [0.25, 0.3) is 0 Å². The smallest absolute Gasteiger partial charge is 0.311 e. The van der Waals surface area contributed by atoms with E-state index in [4.69, 9.17) is 5.11 Å². The van der Waals surface area contributed by atoms with E-state index in [9.17, 15) is 14.4 Å². The quantitative estimate of drug-likeness (QED) is 0.593. The lowest BCUT2D eigenvalue weighted by Gasteiger charge is -2.31. The van der Waals surface area contributed by atoms with Crippen molar-refractivity contribution >= 4 is 17.8 Å². The third kappa shape index (κ3) is 2.68. The maximum absolute atomic E-state index is 11.3. The fraction of sp³-hybridized carbons (Fsp3) is 0.667. The van der Waals surface area contributed by atoms with Crippen molar-refractivity contribution in [3.63, 3.8) is 0 Å². The van der Waals surface area contributed by atoms with Gasteiger partial charge in [0.05, 0.1) is 5.92 Å². The van der Waals surface area contributed by atoms with Crippen LogP contribution in [0.3, 0.4) is 0 Å². The molecule has 1 fully saturated rings. The van der Waals surface area contributed by atoms with E-state index in [1.807, 2.05) is 0 Å². The number of nitrogens with zero attached hydrogens (tertiary/aromatic N) is 1. The van der Waals surface area contributed by atoms with Crippen molar-refractivity contribution in [3.8, 4) is 0 Å². The molecule has 84 valence electrons. The molecule has 2 amide bonds. The number of carboxylic acids is 1. The summed E-state index contributed by atoms with van der Waals surface area (Å²) in [6.07, 6.45) is 0. The molecule has 6 heteroatoms. The Bertz CT molecular complexity index is 302. The molecule has 2 atom stereocenters. The molecule has 0 bridgehead atoms. The number of aliphatic carboxylic acids is 1. The molecule has 1 saturated heterocycles. The van der Waals surface area contributed by atoms with Crippen molar-refractivity contribution in [2.75, 3.05) is 13.1 Å². The number of amides is 2. The van der Waals surface area contributed by atoms with E-state index in [1.165, 1.54) is 11.8 Å². The molecule has 0 radical (unpaired) electrons. The zero-order valence-corrected chi connectivity index (χ0v) is 8.69. The fourth-order valence-corrected chi connectivity index (χ4v) is 1.45. The zero-order valence-electron chi connectivity index (χ0n) is 8.69. The van der Waals surface area contributed by atoms with Crippen molar-refractivity contribution in [1.82, 2.24) is 10.2 Å². The highest BCUT2D eigenvalue weighted by Gasteiger charge is 2.31. The van der Waals surface area contributed by atoms with Gasteiger partial charge in [-0.05, 0) is 6.92 Å². The second-order valence-electron chi connectivity index (χ2n) is 3.82. The Kier molecular flexibility index (Phi) is 3.28. The summed E-state index contributed by atoms with van der Waals surface area (Å²) in [5, 5.41) is 11.2. The summed E-state index contributed by atoms with van der Waals surface area (Å²) >= 11 is 0. The monoisotopic (exact) mass is 214 g/mol. The minimum Gasteiger partial charge on any atom is -0.481 e. The third-order valence-corrected chi connectivity index (χ3v) is 2.27. The zero-order chi connectivity index (χ0) is 11.6. The van der Waals surface area contributed by atoms with Crippen molar-refractivity contribution in [3.05, 3.63) is 0 Å². The van der Waals surface area contributed by atoms with Crippen LogP contribution in [-0.2, 0) is 14.4 Å². The average Bonchev–Trinajstić information content (AvgIpc) is 2.13. The first-order valence-corrected chi connectivity index (χ1v) is 4.74. The standard InChI is InChI=1S/C9H14N2O4/c1-5(9(14)15)3-11-4-6(2)10-7(12)8(11)13/h5-6H,3-4H2,1-2H3,(H,10,12)(H,14,15). The summed E-state index contributed by atoms with van der Waals surface area (Å²) in [5.74, 6) is -2.94. The minimum absolute atomic E-state index is 0.0753. The second kappa shape index (κ2) is 4.29. The predicted molar refractivity (Wildman–Crippen MR) is 51.0 cm³/mol. The van der Waals surface area contributed by atoms with Crippen LogP contribution in [0.15, 0.2) is 0 Å². The molecule has 2 N–H and O–H groups in total. The number of piperazine rings is 1. The largest absolute Gasteiger partial charge is 0.481 e. The summed E-state index contributed by atoms with van der Waals surface area (Å²) < 4.78 is 0. The molecule has 0 aromatic rings. The molecule has 1 aliphatic rings. The minimum atomic E-state index is -0.971. The van der Waals surface area contributed by atoms with Gasteiger partial charge in [-0.25, -0.2) is 0 Å². The molecule has 0 saturated carbocycles. The maximum Gasteiger partial charge on any atom is 0.311 e. The first-order valence-electron chi connectivity index (χ1n) is 4.74. The van der Waals surface area contributed by atoms with Crippen LogP contribution in [0.2, 0.25) is 0 Å². The SMILES string of the molecule is CC1CN(CC(C)C(=O)O)C(=O)C(=O)N1. The number of hydrogen-bond acceptors (Lipinski definition) is 3. The van der Waals surface area contributed by atoms with E-state index in [-0.39, 0.29) is 12.6 Å². The van der Waals surface area contributed by atoms with Gasteiger partial charge >= 0.3 is 17.8 Å². The van der Waals surface area contributed by atoms with E-state index < -0.39 is 23.7 Å². The molecule has 0 aromatic carbocycles. The van der Waals surface area contributed by atoms with Crippen LogP contribution >= 0.6 is 0 Å². The Morgan fingerprint density at radius 2 is 2.27 bits per heavy atom. The van der Waals surface area contributed by atoms with Gasteiger partial charge in [-0.1, -0.05) is 6.92 Å². The normalized spacial score (nSPS) is 23.6. The molecule has 15 heavy (non-hydrogen) atoms. The molecule has 6 nitrogen and oxygen atoms in total. The molecular weight excluding hydrogens is 200 g/mol. The second-order valence-corrected chi connectivity index (χ2v) is 3.82. The lowest BCUT2D eigenvalue weighted by molar-refractivity contribution is -0.151. The highest BCUT2D eigenvalue weighted by molar-refractivity contribution is 6.35. The topological polar surface area (TPSA) is 86.7 Å². The van der Waals surface area contributed by atoms with Gasteiger partial charge in [0.15, 0.2) is 0 Å². The molecule has 1 rings (SSSR count). The summed E-state index contributed by atoms with van der Waals surface area (Å²) in [6, 6.07) is -0.129. The Balaban J connectivity index is 2.64. The molecule has 1 heterocycles. The number of rotatable bonds is 3. The van der Waals surface area contributed by atoms with E-state index in [2.05, 4.69) is 5.32 Å². The Morgan fingerprint density at radius 1 is 1.67 bits per heavy atom. The third-order valence-electron chi connectivity index (χ3n) is 2.27. The maximum atomic E-state index is 11.3. The van der Waals surface area contributed by atoms with Crippen LogP contribution in [-0.4, -0.2) is 46.9 Å². The highest BCUT2D eigenvalue weighted by Crippen LogP contribution is 2.06. The van der Waals surface area contributed by atoms with Crippen LogP contribution in [0.5, 0.6) is 0 Å². The predicted octanol–water partition coefficient (Wildman–Crippen LogP) is -0.946. The van der Waals surface area contributed by atoms with Crippen LogP contribution in [0, 0.1) is 5.92 Å². The molecule has 2 unspecified atom stereocenters. The Hall–Kier alpha value is -1.59. The molecule has 0 aromatic heterocycles. The van der Waals surface area contributed by atoms with Gasteiger partial charge in [-0.2, -0.15) is 0 Å². The van der Waals surface area contributed by atoms with E-state index >= 15 is 0 Å². The summed E-state index contributed by atoms with van der Waals surface area (Å²) in [4.78, 5) is 34.4. The number of carbonyl (C=O) groups is 3. The van der Waals surface area contributed by atoms with Gasteiger partial charge in [0, 0.05) is 19.1 Å². The van der Waals surface area contributed by atoms with E-state index in [1.54, 1.807) is 6.92 Å². The van der Waals surface area contributed by atoms with Crippen molar-refractivity contribution in [2.45, 2.75) is 19.9 Å². The number of carbonyl (C=O) groups excluding carboxylic acids is 2. The first kappa shape index (κ1) is 11.5. The van der Waals surface area contributed by atoms with E-state index in [0.29, 0.717) is 6.54 Å². The van der Waals surface area contributed by atoms with Gasteiger partial charge in [-0.15, -0.1) is 0 Å². The number of hydrogen-bond donors (Lipinski definition) is 2. The summed E-state index contributed by atoms with van der Waals surface area (Å²) in [6.45, 7) is 3.71. The van der Waals surface area contributed by atoms with Crippen LogP contribution in [0.1, 0.15) is 13.8 Å². The lowest BCUT2D eigenvalue weighted by Crippen LogP contribution is -2.57. The van der Waals surface area contributed by atoms with Gasteiger partial charge in [-0.3, -0.25) is 14.4 Å². The first-order chi connectivity index (χ1) is 6.91. The Labute approximate surface area is 87.2 Å². The molecule has 1 aliphatic heterocycles. The molecule has 0 aliphatic carbocycles. The Morgan fingerprint density at radius 3 is 2.80 bits per heavy atom. The van der Waals surface area contributed by atoms with Crippen molar-refractivity contribution < 1.29 is 19.5 Å². The molecular formula is C9H14N2O4. The van der Waals surface area contributed by atoms with Crippen molar-refractivity contribution in [2.24, 2.45) is 5.92 Å². The van der Waals surface area contributed by atoms with Gasteiger partial charge in [0.25, 0.3) is 0 Å². The van der Waals surface area contributed by atoms with E-state index in [0.717, 1.165) is 0 Å². The van der Waals surface area contributed by atoms with Crippen LogP contribution < -0.4 is 5.32 Å². The summed E-state index contributed by atoms with van der Waals surface area (Å²) in [5.41, 5.74) is 0. The van der Waals surface area contributed by atoms with Gasteiger partial charge in [0.1, 0.15) is 0 Å². The van der Waals surface area contributed by atoms with Gasteiger partial charge < -0.3 is 15.3 Å². The van der Waals surface area contributed by atoms with Crippen LogP contribution in [0.4, 0.5) is 0 Å². The molecule has 0 spiro atoms. The number of carboxylic acid groups (broad SMARTS) is 1. The average molecular weight is 214 g/mol. The van der Waals surface area contributed by atoms with Gasteiger partial charge in [0.2, 0.25) is 0 Å².